The molecule has 0 aromatic rings. The van der Waals surface area contributed by atoms with Crippen LogP contribution in [0.2, 0.25) is 0 Å². The van der Waals surface area contributed by atoms with E-state index >= 15 is 0 Å². The Kier molecular flexibility index (Phi) is 555. The fraction of sp³-hybridized carbons (Fsp3) is 0. The Morgan fingerprint density at radius 3 is 1.25 bits per heavy atom. The summed E-state index contributed by atoms with van der Waals surface area (Å²) in [5, 5.41) is 6.25. The Morgan fingerprint density at radius 1 is 1.25 bits per heavy atom. The van der Waals surface area contributed by atoms with Gasteiger partial charge in [-0.2, -0.15) is 0 Å². The molecule has 3 heteroatoms. The maximum Gasteiger partial charge on any atom is 0 e. The maximum absolute atomic E-state index is 6.25. The van der Waals surface area contributed by atoms with E-state index in [0.29, 0.717) is 0 Å². The van der Waals surface area contributed by atoms with Gasteiger partial charge in [0.25, 0.3) is 0 Å². The minimum absolute atomic E-state index is 0. The van der Waals surface area contributed by atoms with Gasteiger partial charge in [-0.05, 0) is 0 Å². The molecule has 0 aromatic heterocycles. The minimum atomic E-state index is 0. The van der Waals surface area contributed by atoms with E-state index in [0.717, 1.165) is 0 Å². The summed E-state index contributed by atoms with van der Waals surface area (Å²) < 4.78 is 0. The van der Waals surface area contributed by atoms with Crippen LogP contribution in [0.5, 0.6) is 0 Å². The summed E-state index contributed by atoms with van der Waals surface area (Å²) in [6, 6.07) is 0. The van der Waals surface area contributed by atoms with Gasteiger partial charge in [0.1, 0.15) is 0 Å². The monoisotopic (exact) mass is 143 g/mol. The van der Waals surface area contributed by atoms with Gasteiger partial charge < -0.3 is 11.8 Å². The van der Waals surface area contributed by atoms with Gasteiger partial charge in [0.2, 0.25) is 0 Å². The molecule has 0 aliphatic rings. The first-order valence-electron chi connectivity index (χ1n) is 0.224. The molecule has 0 saturated carbocycles. The Labute approximate surface area is 45.5 Å². The van der Waals surface area contributed by atoms with Crippen LogP contribution in [0.25, 0.3) is 0 Å². The number of hydrogen-bond donors (Lipinski definition) is 0. The molecule has 1 radical (unpaired) electrons. The third kappa shape index (κ3) is 23.0. The summed E-state index contributed by atoms with van der Waals surface area (Å²) in [5.74, 6) is 0. The van der Waals surface area contributed by atoms with E-state index in [-0.39, 0.29) is 33.3 Å². The molecule has 0 N–H and O–H groups in total. The standard InChI is InChI=1S/CN.Co.Ni/c1-2;;/q-1;;. The number of rotatable bonds is 0. The maximum atomic E-state index is 6.25. The zero-order chi connectivity index (χ0) is 2.00. The summed E-state index contributed by atoms with van der Waals surface area (Å²) in [4.78, 5) is 0. The van der Waals surface area contributed by atoms with Crippen molar-refractivity contribution in [3.63, 3.8) is 0 Å². The van der Waals surface area contributed by atoms with Crippen LogP contribution >= 0.6 is 0 Å². The summed E-state index contributed by atoms with van der Waals surface area (Å²) in [6.07, 6.45) is 0. The molecule has 4 heavy (non-hydrogen) atoms. The predicted octanol–water partition coefficient (Wildman–Crippen LogP) is 0.0914. The molecule has 0 aliphatic heterocycles. The molecule has 0 atom stereocenters. The van der Waals surface area contributed by atoms with Crippen molar-refractivity contribution in [1.82, 2.24) is 0 Å². The zero-order valence-electron chi connectivity index (χ0n) is 1.60. The van der Waals surface area contributed by atoms with Crippen molar-refractivity contribution >= 4 is 0 Å². The molecule has 0 heterocycles. The topological polar surface area (TPSA) is 23.8 Å². The summed E-state index contributed by atoms with van der Waals surface area (Å²) in [5.41, 5.74) is 0. The normalized spacial score (nSPS) is 0.500. The van der Waals surface area contributed by atoms with E-state index in [1.807, 2.05) is 0 Å². The zero-order valence-corrected chi connectivity index (χ0v) is 3.63. The molecule has 0 saturated heterocycles. The van der Waals surface area contributed by atoms with E-state index in [2.05, 4.69) is 0 Å². The minimum Gasteiger partial charge on any atom is -0.512 e. The second-order valence-corrected chi connectivity index (χ2v) is 0. The number of nitrogens with zero attached hydrogens (tertiary/aromatic N) is 1. The van der Waals surface area contributed by atoms with Crippen molar-refractivity contribution < 1.29 is 33.3 Å². The van der Waals surface area contributed by atoms with E-state index < -0.39 is 0 Å². The second kappa shape index (κ2) is 90.1. The smallest absolute Gasteiger partial charge is 0 e. The van der Waals surface area contributed by atoms with Gasteiger partial charge >= 0.3 is 0 Å². The molecule has 0 aliphatic carbocycles. The summed E-state index contributed by atoms with van der Waals surface area (Å²) >= 11 is 0. The Morgan fingerprint density at radius 2 is 1.25 bits per heavy atom. The molecular weight excluding hydrogens is 144 g/mol. The number of hydrogen-bond acceptors (Lipinski definition) is 1. The van der Waals surface area contributed by atoms with Crippen LogP contribution in [-0.2, 0) is 33.3 Å². The van der Waals surface area contributed by atoms with Gasteiger partial charge in [0.15, 0.2) is 0 Å². The molecule has 0 amide bonds. The van der Waals surface area contributed by atoms with Gasteiger partial charge in [-0.3, -0.25) is 0 Å². The Balaban J connectivity index is -0.00000000500. The SMILES string of the molecule is [C-]#N.[Co].[Ni]. The van der Waals surface area contributed by atoms with Crippen molar-refractivity contribution in [3.8, 4) is 0 Å². The average Bonchev–Trinajstić information content (AvgIpc) is 1.00. The Bertz CT molecular complexity index is 12.8. The van der Waals surface area contributed by atoms with Crippen molar-refractivity contribution in [2.75, 3.05) is 0 Å². The van der Waals surface area contributed by atoms with Crippen LogP contribution in [-0.4, -0.2) is 0 Å². The second-order valence-electron chi connectivity index (χ2n) is 0. The van der Waals surface area contributed by atoms with E-state index in [1.54, 1.807) is 0 Å². The molecule has 0 rings (SSSR count). The quantitative estimate of drug-likeness (QED) is 0.349. The van der Waals surface area contributed by atoms with Crippen LogP contribution in [0.3, 0.4) is 0 Å². The molecule has 29 valence electrons. The van der Waals surface area contributed by atoms with Crippen LogP contribution in [0.4, 0.5) is 0 Å². The van der Waals surface area contributed by atoms with E-state index in [1.165, 1.54) is 0 Å². The molecule has 0 bridgehead atoms. The van der Waals surface area contributed by atoms with Crippen molar-refractivity contribution in [1.29, 1.82) is 5.26 Å². The molecule has 0 aromatic carbocycles. The Hall–Kier alpha value is 0.490. The van der Waals surface area contributed by atoms with Crippen LogP contribution in [0, 0.1) is 11.8 Å². The van der Waals surface area contributed by atoms with Crippen LogP contribution in [0.1, 0.15) is 0 Å². The third-order valence-electron chi connectivity index (χ3n) is 0. The van der Waals surface area contributed by atoms with Gasteiger partial charge in [-0.25, -0.2) is 0 Å². The molecule has 1 nitrogen and oxygen atoms in total. The van der Waals surface area contributed by atoms with Gasteiger partial charge in [-0.15, -0.1) is 0 Å². The summed E-state index contributed by atoms with van der Waals surface area (Å²) in [6.45, 7) is 4.75. The van der Waals surface area contributed by atoms with Gasteiger partial charge in [0, 0.05) is 33.3 Å². The first kappa shape index (κ1) is 24.6. The van der Waals surface area contributed by atoms with Crippen molar-refractivity contribution in [2.45, 2.75) is 0 Å². The van der Waals surface area contributed by atoms with E-state index in [4.69, 9.17) is 11.8 Å². The largest absolute Gasteiger partial charge is 0.512 e. The van der Waals surface area contributed by atoms with Crippen LogP contribution in [0.15, 0.2) is 0 Å². The van der Waals surface area contributed by atoms with Gasteiger partial charge in [0.05, 0.1) is 0 Å². The van der Waals surface area contributed by atoms with Gasteiger partial charge in [-0.1, -0.05) is 0 Å². The fourth-order valence-corrected chi connectivity index (χ4v) is 0. The average molecular weight is 144 g/mol. The predicted molar refractivity (Wildman–Crippen MR) is 4.97 cm³/mol. The molecule has 0 spiro atoms. The van der Waals surface area contributed by atoms with Crippen molar-refractivity contribution in [2.24, 2.45) is 0 Å². The molecule has 0 fully saturated rings. The fourth-order valence-electron chi connectivity index (χ4n) is 0. The molecular formula is CCoNNi-. The first-order valence-corrected chi connectivity index (χ1v) is 0.224. The molecule has 0 unspecified atom stereocenters. The third-order valence-corrected chi connectivity index (χ3v) is 0. The van der Waals surface area contributed by atoms with Crippen molar-refractivity contribution in [3.05, 3.63) is 6.57 Å². The van der Waals surface area contributed by atoms with Crippen LogP contribution < -0.4 is 0 Å². The van der Waals surface area contributed by atoms with E-state index in [9.17, 15) is 0 Å². The summed E-state index contributed by atoms with van der Waals surface area (Å²) in [7, 11) is 0. The first-order chi connectivity index (χ1) is 1.00.